The Bertz CT molecular complexity index is 70.8. The molecule has 0 aliphatic rings. The van der Waals surface area contributed by atoms with E-state index in [1.807, 2.05) is 0 Å². The highest BCUT2D eigenvalue weighted by Gasteiger charge is 1.95. The van der Waals surface area contributed by atoms with Gasteiger partial charge >= 0.3 is 0 Å². The van der Waals surface area contributed by atoms with Crippen LogP contribution in [-0.2, 0) is 0 Å². The van der Waals surface area contributed by atoms with Gasteiger partial charge in [0.1, 0.15) is 0 Å². The van der Waals surface area contributed by atoms with Crippen LogP contribution in [0.4, 0.5) is 0 Å². The third-order valence-corrected chi connectivity index (χ3v) is 2.31. The standard InChI is InChI=1S/C6H13I2NO/c7-6(8)2-1-3-9-4-5-10/h6,9-10H,1-5H2. The van der Waals surface area contributed by atoms with Gasteiger partial charge in [-0.3, -0.25) is 0 Å². The first-order valence-corrected chi connectivity index (χ1v) is 5.86. The van der Waals surface area contributed by atoms with Crippen LogP contribution in [0.5, 0.6) is 0 Å². The lowest BCUT2D eigenvalue weighted by Crippen LogP contribution is -2.19. The minimum Gasteiger partial charge on any atom is -0.395 e. The highest BCUT2D eigenvalue weighted by Crippen LogP contribution is 2.15. The number of halogens is 2. The molecule has 0 saturated heterocycles. The first-order chi connectivity index (χ1) is 4.77. The van der Waals surface area contributed by atoms with Gasteiger partial charge in [-0.2, -0.15) is 0 Å². The van der Waals surface area contributed by atoms with Gasteiger partial charge in [0.05, 0.1) is 8.54 Å². The van der Waals surface area contributed by atoms with E-state index in [0.29, 0.717) is 0 Å². The molecule has 0 aliphatic heterocycles. The summed E-state index contributed by atoms with van der Waals surface area (Å²) < 4.78 is 0.742. The Morgan fingerprint density at radius 3 is 2.50 bits per heavy atom. The van der Waals surface area contributed by atoms with Crippen LogP contribution in [-0.4, -0.2) is 26.7 Å². The summed E-state index contributed by atoms with van der Waals surface area (Å²) in [4.78, 5) is 0. The summed E-state index contributed by atoms with van der Waals surface area (Å²) in [6.45, 7) is 2.01. The van der Waals surface area contributed by atoms with Gasteiger partial charge < -0.3 is 10.4 Å². The van der Waals surface area contributed by atoms with Crippen molar-refractivity contribution in [2.75, 3.05) is 19.7 Å². The molecule has 0 aliphatic carbocycles. The molecule has 0 spiro atoms. The van der Waals surface area contributed by atoms with Gasteiger partial charge in [-0.15, -0.1) is 0 Å². The number of nitrogens with one attached hydrogen (secondary N) is 1. The minimum absolute atomic E-state index is 0.248. The fourth-order valence-electron chi connectivity index (χ4n) is 0.585. The highest BCUT2D eigenvalue weighted by atomic mass is 127. The molecule has 0 aromatic rings. The predicted octanol–water partition coefficient (Wildman–Crippen LogP) is 1.54. The lowest BCUT2D eigenvalue weighted by molar-refractivity contribution is 0.292. The Hall–Kier alpha value is 1.38. The monoisotopic (exact) mass is 369 g/mol. The Labute approximate surface area is 89.4 Å². The highest BCUT2D eigenvalue weighted by molar-refractivity contribution is 14.2. The first-order valence-electron chi connectivity index (χ1n) is 3.37. The molecule has 0 bridgehead atoms. The fraction of sp³-hybridized carbons (Fsp3) is 1.00. The van der Waals surface area contributed by atoms with E-state index in [1.165, 1.54) is 12.8 Å². The molecule has 0 aromatic heterocycles. The Morgan fingerprint density at radius 1 is 1.30 bits per heavy atom. The molecule has 0 rings (SSSR count). The van der Waals surface area contributed by atoms with Crippen LogP contribution < -0.4 is 5.32 Å². The van der Waals surface area contributed by atoms with Crippen LogP contribution >= 0.6 is 45.2 Å². The van der Waals surface area contributed by atoms with Gasteiger partial charge in [-0.25, -0.2) is 0 Å². The van der Waals surface area contributed by atoms with E-state index in [4.69, 9.17) is 5.11 Å². The number of hydrogen-bond acceptors (Lipinski definition) is 2. The summed E-state index contributed by atoms with van der Waals surface area (Å²) >= 11 is 4.83. The molecule has 0 unspecified atom stereocenters. The SMILES string of the molecule is OCCNCCCC(I)I. The van der Waals surface area contributed by atoms with Crippen molar-refractivity contribution in [1.29, 1.82) is 0 Å². The molecular weight excluding hydrogens is 356 g/mol. The van der Waals surface area contributed by atoms with Crippen LogP contribution in [0, 0.1) is 0 Å². The number of rotatable bonds is 6. The lowest BCUT2D eigenvalue weighted by Gasteiger charge is -2.02. The largest absolute Gasteiger partial charge is 0.395 e. The number of aliphatic hydroxyl groups is 1. The van der Waals surface area contributed by atoms with E-state index in [2.05, 4.69) is 50.5 Å². The summed E-state index contributed by atoms with van der Waals surface area (Å²) in [6.07, 6.45) is 2.45. The maximum atomic E-state index is 8.41. The van der Waals surface area contributed by atoms with Gasteiger partial charge in [0, 0.05) is 6.54 Å². The smallest absolute Gasteiger partial charge is 0.0627 e. The van der Waals surface area contributed by atoms with E-state index in [-0.39, 0.29) is 6.61 Å². The van der Waals surface area contributed by atoms with Crippen molar-refractivity contribution in [2.24, 2.45) is 0 Å². The van der Waals surface area contributed by atoms with Gasteiger partial charge in [0.15, 0.2) is 0 Å². The Balaban J connectivity index is 2.77. The van der Waals surface area contributed by atoms with Crippen LogP contribution in [0.25, 0.3) is 0 Å². The zero-order chi connectivity index (χ0) is 7.82. The second kappa shape index (κ2) is 8.48. The van der Waals surface area contributed by atoms with Crippen molar-refractivity contribution in [2.45, 2.75) is 14.8 Å². The summed E-state index contributed by atoms with van der Waals surface area (Å²) in [6, 6.07) is 0. The fourth-order valence-corrected chi connectivity index (χ4v) is 1.47. The average Bonchev–Trinajstić information content (AvgIpc) is 1.87. The maximum absolute atomic E-state index is 8.41. The van der Waals surface area contributed by atoms with Gasteiger partial charge in [-0.05, 0) is 19.4 Å². The summed E-state index contributed by atoms with van der Waals surface area (Å²) in [5.41, 5.74) is 0. The molecule has 0 saturated carbocycles. The average molecular weight is 369 g/mol. The van der Waals surface area contributed by atoms with Crippen molar-refractivity contribution < 1.29 is 5.11 Å². The lowest BCUT2D eigenvalue weighted by atomic mass is 10.3. The molecule has 0 heterocycles. The van der Waals surface area contributed by atoms with Crippen molar-refractivity contribution >= 4 is 45.2 Å². The topological polar surface area (TPSA) is 32.3 Å². The van der Waals surface area contributed by atoms with Crippen LogP contribution in [0.2, 0.25) is 0 Å². The number of hydrogen-bond donors (Lipinski definition) is 2. The molecule has 0 aromatic carbocycles. The zero-order valence-corrected chi connectivity index (χ0v) is 10.1. The van der Waals surface area contributed by atoms with Crippen LogP contribution in [0.1, 0.15) is 12.8 Å². The molecule has 0 amide bonds. The minimum atomic E-state index is 0.248. The zero-order valence-electron chi connectivity index (χ0n) is 5.82. The molecule has 10 heavy (non-hydrogen) atoms. The van der Waals surface area contributed by atoms with E-state index >= 15 is 0 Å². The van der Waals surface area contributed by atoms with Crippen molar-refractivity contribution in [3.63, 3.8) is 0 Å². The molecule has 2 N–H and O–H groups in total. The van der Waals surface area contributed by atoms with Gasteiger partial charge in [-0.1, -0.05) is 45.2 Å². The van der Waals surface area contributed by atoms with Crippen LogP contribution in [0.3, 0.4) is 0 Å². The maximum Gasteiger partial charge on any atom is 0.0627 e. The molecular formula is C6H13I2NO. The Kier molecular flexibility index (Phi) is 9.65. The quantitative estimate of drug-likeness (QED) is 0.423. The summed E-state index contributed by atoms with van der Waals surface area (Å²) in [7, 11) is 0. The molecule has 0 radical (unpaired) electrons. The van der Waals surface area contributed by atoms with E-state index in [1.54, 1.807) is 0 Å². The van der Waals surface area contributed by atoms with E-state index in [9.17, 15) is 0 Å². The second-order valence-corrected chi connectivity index (χ2v) is 7.40. The van der Waals surface area contributed by atoms with Crippen molar-refractivity contribution in [1.82, 2.24) is 5.32 Å². The molecule has 4 heteroatoms. The Morgan fingerprint density at radius 2 is 2.00 bits per heavy atom. The summed E-state index contributed by atoms with van der Waals surface area (Å²) in [5.74, 6) is 0. The molecule has 62 valence electrons. The van der Waals surface area contributed by atoms with E-state index < -0.39 is 0 Å². The molecule has 2 nitrogen and oxygen atoms in total. The third-order valence-electron chi connectivity index (χ3n) is 1.06. The molecule has 0 atom stereocenters. The van der Waals surface area contributed by atoms with E-state index in [0.717, 1.165) is 15.0 Å². The first kappa shape index (κ1) is 11.4. The molecule has 0 fully saturated rings. The van der Waals surface area contributed by atoms with Crippen molar-refractivity contribution in [3.05, 3.63) is 0 Å². The normalized spacial score (nSPS) is 10.8. The number of alkyl halides is 2. The van der Waals surface area contributed by atoms with Crippen molar-refractivity contribution in [3.8, 4) is 0 Å². The van der Waals surface area contributed by atoms with Gasteiger partial charge in [0.25, 0.3) is 0 Å². The predicted molar refractivity (Wildman–Crippen MR) is 61.0 cm³/mol. The second-order valence-electron chi connectivity index (χ2n) is 2.01. The number of aliphatic hydroxyl groups excluding tert-OH is 1. The summed E-state index contributed by atoms with van der Waals surface area (Å²) in [5, 5.41) is 11.5. The van der Waals surface area contributed by atoms with Crippen LogP contribution in [0.15, 0.2) is 0 Å². The van der Waals surface area contributed by atoms with Gasteiger partial charge in [0.2, 0.25) is 0 Å². The third kappa shape index (κ3) is 9.38.